The summed E-state index contributed by atoms with van der Waals surface area (Å²) in [5.41, 5.74) is 2.37. The first-order valence-corrected chi connectivity index (χ1v) is 10.9. The molecule has 32 heavy (non-hydrogen) atoms. The topological polar surface area (TPSA) is 175 Å². The van der Waals surface area contributed by atoms with Crippen molar-refractivity contribution in [1.82, 2.24) is 20.8 Å². The van der Waals surface area contributed by atoms with E-state index in [1.54, 1.807) is 0 Å². The lowest BCUT2D eigenvalue weighted by molar-refractivity contribution is -0.192. The molecule has 3 amide bonds. The predicted octanol–water partition coefficient (Wildman–Crippen LogP) is -0.187. The summed E-state index contributed by atoms with van der Waals surface area (Å²) in [7, 11) is -4.80. The van der Waals surface area contributed by atoms with Crippen LogP contribution in [0.25, 0.3) is 0 Å². The Labute approximate surface area is 180 Å². The molecule has 3 aliphatic heterocycles. The number of hydroxylamine groups is 3. The molecule has 4 N–H and O–H groups in total. The van der Waals surface area contributed by atoms with Gasteiger partial charge >= 0.3 is 28.6 Å². The van der Waals surface area contributed by atoms with Crippen LogP contribution in [-0.2, 0) is 29.1 Å². The molecule has 3 saturated heterocycles. The summed E-state index contributed by atoms with van der Waals surface area (Å²) in [6, 6.07) is -1.87. The fraction of sp³-hybridized carbons (Fsp3) is 0.800. The summed E-state index contributed by atoms with van der Waals surface area (Å²) in [6.07, 6.45) is -1.14. The van der Waals surface area contributed by atoms with Crippen molar-refractivity contribution in [3.05, 3.63) is 0 Å². The van der Waals surface area contributed by atoms with E-state index in [0.717, 1.165) is 25.8 Å². The van der Waals surface area contributed by atoms with E-state index in [2.05, 4.69) is 15.1 Å². The van der Waals surface area contributed by atoms with E-state index in [4.69, 9.17) is 19.3 Å². The molecule has 13 nitrogen and oxygen atoms in total. The number of hydrogen-bond acceptors (Lipinski definition) is 8. The second-order valence-electron chi connectivity index (χ2n) is 7.24. The van der Waals surface area contributed by atoms with Crippen LogP contribution in [0.3, 0.4) is 0 Å². The molecule has 0 saturated carbocycles. The van der Waals surface area contributed by atoms with Crippen molar-refractivity contribution in [1.29, 1.82) is 0 Å². The molecule has 0 aromatic carbocycles. The Balaban J connectivity index is 0.000000451. The number of aliphatic carboxylic acids is 1. The zero-order valence-electron chi connectivity index (χ0n) is 16.6. The number of alkyl halides is 3. The number of nitrogens with one attached hydrogen (secondary N) is 2. The smallest absolute Gasteiger partial charge is 0.475 e. The number of carbonyl (C=O) groups is 3. The number of hydrogen-bond donors (Lipinski definition) is 4. The van der Waals surface area contributed by atoms with Gasteiger partial charge in [-0.15, -0.1) is 4.28 Å². The molecule has 3 rings (SSSR count). The van der Waals surface area contributed by atoms with Gasteiger partial charge in [0.05, 0.1) is 12.6 Å². The standard InChI is InChI=1S/C13H22N4O7S.C2HF3O2/c18-12(15-23-8-9-3-1-2-6-14-9)11-5-4-10-7-16(11)13(19)17(10)24-25(20,21)22;3-2(4,5)1(6)7/h9-11,14H,1-8H2,(H,15,18)(H,20,21,22);(H,6,7)/t9?,10-,11+;/m1./s1. The van der Waals surface area contributed by atoms with E-state index < -0.39 is 46.6 Å². The van der Waals surface area contributed by atoms with Gasteiger partial charge in [-0.3, -0.25) is 14.2 Å². The van der Waals surface area contributed by atoms with Crippen molar-refractivity contribution < 1.29 is 54.8 Å². The number of amides is 3. The number of halogens is 3. The summed E-state index contributed by atoms with van der Waals surface area (Å²) in [6.45, 7) is 1.42. The fourth-order valence-electron chi connectivity index (χ4n) is 3.45. The van der Waals surface area contributed by atoms with Gasteiger partial charge in [-0.05, 0) is 32.2 Å². The molecule has 0 radical (unpaired) electrons. The van der Waals surface area contributed by atoms with E-state index >= 15 is 0 Å². The van der Waals surface area contributed by atoms with E-state index in [-0.39, 0.29) is 12.6 Å². The summed E-state index contributed by atoms with van der Waals surface area (Å²) in [5, 5.41) is 11.0. The van der Waals surface area contributed by atoms with Crippen molar-refractivity contribution in [2.45, 2.75) is 56.4 Å². The summed E-state index contributed by atoms with van der Waals surface area (Å²) in [4.78, 5) is 39.9. The third kappa shape index (κ3) is 7.44. The lowest BCUT2D eigenvalue weighted by Crippen LogP contribution is -2.50. The lowest BCUT2D eigenvalue weighted by Gasteiger charge is -2.29. The molecule has 17 heteroatoms. The van der Waals surface area contributed by atoms with Crippen LogP contribution in [0, 0.1) is 0 Å². The predicted molar refractivity (Wildman–Crippen MR) is 96.8 cm³/mol. The molecule has 3 heterocycles. The van der Waals surface area contributed by atoms with Crippen LogP contribution >= 0.6 is 0 Å². The van der Waals surface area contributed by atoms with Gasteiger partial charge in [0.25, 0.3) is 5.91 Å². The summed E-state index contributed by atoms with van der Waals surface area (Å²) >= 11 is 0. The van der Waals surface area contributed by atoms with Crippen LogP contribution in [0.15, 0.2) is 0 Å². The summed E-state index contributed by atoms with van der Waals surface area (Å²) in [5.74, 6) is -3.22. The molecule has 3 aliphatic rings. The Bertz CT molecular complexity index is 804. The average molecular weight is 492 g/mol. The first kappa shape index (κ1) is 26.0. The number of carboxylic acid groups (broad SMARTS) is 1. The number of fused-ring (bicyclic) bond motifs is 2. The number of urea groups is 1. The third-order valence-electron chi connectivity index (χ3n) is 4.91. The molecule has 3 atom stereocenters. The van der Waals surface area contributed by atoms with E-state index in [9.17, 15) is 31.2 Å². The van der Waals surface area contributed by atoms with Gasteiger partial charge in [0.15, 0.2) is 0 Å². The Hall–Kier alpha value is -2.21. The normalized spacial score (nSPS) is 25.8. The maximum Gasteiger partial charge on any atom is 0.490 e. The number of rotatable bonds is 6. The minimum Gasteiger partial charge on any atom is -0.475 e. The molecular formula is C15H23F3N4O9S. The van der Waals surface area contributed by atoms with Gasteiger partial charge in [0.2, 0.25) is 0 Å². The average Bonchev–Trinajstić information content (AvgIpc) is 2.92. The zero-order valence-corrected chi connectivity index (χ0v) is 17.4. The molecule has 0 spiro atoms. The van der Waals surface area contributed by atoms with Crippen LogP contribution in [0.2, 0.25) is 0 Å². The van der Waals surface area contributed by atoms with Gasteiger partial charge in [-0.2, -0.15) is 26.7 Å². The highest BCUT2D eigenvalue weighted by molar-refractivity contribution is 7.80. The minimum atomic E-state index is -5.08. The van der Waals surface area contributed by atoms with Gasteiger partial charge < -0.3 is 15.3 Å². The molecule has 0 aliphatic carbocycles. The highest BCUT2D eigenvalue weighted by Gasteiger charge is 2.49. The number of carboxylic acids is 1. The van der Waals surface area contributed by atoms with Crippen molar-refractivity contribution >= 4 is 28.3 Å². The van der Waals surface area contributed by atoms with Crippen molar-refractivity contribution in [3.63, 3.8) is 0 Å². The fourth-order valence-corrected chi connectivity index (χ4v) is 3.84. The Morgan fingerprint density at radius 2 is 1.88 bits per heavy atom. The Morgan fingerprint density at radius 1 is 1.22 bits per heavy atom. The Kier molecular flexibility index (Phi) is 8.63. The van der Waals surface area contributed by atoms with E-state index in [0.29, 0.717) is 24.5 Å². The molecule has 2 bridgehead atoms. The number of nitrogens with zero attached hydrogens (tertiary/aromatic N) is 2. The highest BCUT2D eigenvalue weighted by Crippen LogP contribution is 2.30. The largest absolute Gasteiger partial charge is 0.490 e. The third-order valence-corrected chi connectivity index (χ3v) is 5.26. The van der Waals surface area contributed by atoms with Gasteiger partial charge in [-0.1, -0.05) is 6.42 Å². The quantitative estimate of drug-likeness (QED) is 0.287. The van der Waals surface area contributed by atoms with Crippen LogP contribution in [0.5, 0.6) is 0 Å². The monoisotopic (exact) mass is 492 g/mol. The number of piperidine rings is 2. The molecule has 3 fully saturated rings. The second kappa shape index (κ2) is 10.6. The van der Waals surface area contributed by atoms with Crippen LogP contribution in [0.1, 0.15) is 32.1 Å². The SMILES string of the molecule is O=C(NOCC1CCCCN1)[C@@H]1CC[C@@H]2CN1C(=O)N2OS(=O)(=O)O.O=C(O)C(F)(F)F. The first-order chi connectivity index (χ1) is 14.8. The molecular weight excluding hydrogens is 469 g/mol. The molecule has 0 aromatic heterocycles. The number of carbonyl (C=O) groups excluding carboxylic acids is 2. The van der Waals surface area contributed by atoms with Crippen LogP contribution < -0.4 is 10.8 Å². The van der Waals surface area contributed by atoms with E-state index in [1.165, 1.54) is 4.90 Å². The minimum absolute atomic E-state index is 0.149. The zero-order chi connectivity index (χ0) is 24.1. The molecule has 184 valence electrons. The van der Waals surface area contributed by atoms with Crippen molar-refractivity contribution in [2.75, 3.05) is 19.7 Å². The van der Waals surface area contributed by atoms with Gasteiger partial charge in [0.1, 0.15) is 6.04 Å². The van der Waals surface area contributed by atoms with Crippen molar-refractivity contribution in [3.8, 4) is 0 Å². The van der Waals surface area contributed by atoms with Gasteiger partial charge in [0, 0.05) is 12.6 Å². The molecule has 1 unspecified atom stereocenters. The maximum absolute atomic E-state index is 12.3. The van der Waals surface area contributed by atoms with Crippen molar-refractivity contribution in [2.24, 2.45) is 0 Å². The second-order valence-corrected chi connectivity index (χ2v) is 8.24. The molecule has 0 aromatic rings. The van der Waals surface area contributed by atoms with Crippen LogP contribution in [-0.4, -0.2) is 89.9 Å². The first-order valence-electron chi connectivity index (χ1n) is 9.51. The van der Waals surface area contributed by atoms with Crippen LogP contribution in [0.4, 0.5) is 18.0 Å². The highest BCUT2D eigenvalue weighted by atomic mass is 32.3. The Morgan fingerprint density at radius 3 is 2.41 bits per heavy atom. The maximum atomic E-state index is 12.3. The van der Waals surface area contributed by atoms with E-state index in [1.807, 2.05) is 0 Å². The lowest BCUT2D eigenvalue weighted by atomic mass is 10.0. The summed E-state index contributed by atoms with van der Waals surface area (Å²) < 4.78 is 66.5. The van der Waals surface area contributed by atoms with Gasteiger partial charge in [-0.25, -0.2) is 15.1 Å².